The molecule has 0 radical (unpaired) electrons. The first kappa shape index (κ1) is 23.3. The van der Waals surface area contributed by atoms with Gasteiger partial charge in [-0.3, -0.25) is 9.59 Å². The average molecular weight is 468 g/mol. The number of aromatic nitrogens is 4. The topological polar surface area (TPSA) is 111 Å². The number of rotatable bonds is 8. The molecule has 1 aromatic carbocycles. The molecule has 3 heterocycles. The molecular formula is C23H25FN6O4. The summed E-state index contributed by atoms with van der Waals surface area (Å²) in [5.74, 6) is 0.415. The highest BCUT2D eigenvalue weighted by Gasteiger charge is 2.18. The number of amides is 1. The third kappa shape index (κ3) is 5.73. The molecule has 1 atom stereocenters. The zero-order valence-corrected chi connectivity index (χ0v) is 18.7. The smallest absolute Gasteiger partial charge is 0.267 e. The third-order valence-corrected chi connectivity index (χ3v) is 5.33. The van der Waals surface area contributed by atoms with E-state index in [4.69, 9.17) is 9.47 Å². The van der Waals surface area contributed by atoms with Crippen LogP contribution in [0.5, 0.6) is 5.88 Å². The molecule has 0 saturated carbocycles. The van der Waals surface area contributed by atoms with Crippen LogP contribution in [-0.2, 0) is 9.53 Å². The molecule has 1 N–H and O–H groups in total. The normalized spacial score (nSPS) is 14.5. The number of carbonyl (C=O) groups is 1. The molecular weight excluding hydrogens is 443 g/mol. The van der Waals surface area contributed by atoms with E-state index >= 15 is 0 Å². The number of hydrogen-bond acceptors (Lipinski definition) is 8. The molecule has 34 heavy (non-hydrogen) atoms. The fraction of sp³-hybridized carbons (Fsp3) is 0.348. The van der Waals surface area contributed by atoms with Crippen LogP contribution in [0, 0.1) is 5.82 Å². The molecule has 0 aliphatic carbocycles. The molecule has 11 heteroatoms. The fourth-order valence-corrected chi connectivity index (χ4v) is 3.44. The summed E-state index contributed by atoms with van der Waals surface area (Å²) in [6, 6.07) is 9.52. The van der Waals surface area contributed by atoms with Crippen molar-refractivity contribution >= 4 is 11.7 Å². The van der Waals surface area contributed by atoms with E-state index in [2.05, 4.69) is 25.3 Å². The van der Waals surface area contributed by atoms with Gasteiger partial charge in [0.1, 0.15) is 30.6 Å². The second kappa shape index (κ2) is 10.8. The Balaban J connectivity index is 1.32. The number of nitrogens with one attached hydrogen (secondary N) is 1. The molecule has 1 saturated heterocycles. The lowest BCUT2D eigenvalue weighted by molar-refractivity contribution is -0.124. The third-order valence-electron chi connectivity index (χ3n) is 5.33. The Morgan fingerprint density at radius 1 is 1.18 bits per heavy atom. The van der Waals surface area contributed by atoms with Crippen LogP contribution in [0.15, 0.2) is 53.6 Å². The van der Waals surface area contributed by atoms with Gasteiger partial charge in [0.05, 0.1) is 25.5 Å². The number of morpholine rings is 1. The lowest BCUT2D eigenvalue weighted by Gasteiger charge is -2.27. The average Bonchev–Trinajstić information content (AvgIpc) is 2.87. The van der Waals surface area contributed by atoms with Gasteiger partial charge in [-0.1, -0.05) is 0 Å². The van der Waals surface area contributed by atoms with E-state index < -0.39 is 11.6 Å². The number of halogens is 1. The number of hydrogen-bond donors (Lipinski definition) is 1. The quantitative estimate of drug-likeness (QED) is 0.495. The number of benzene rings is 1. The van der Waals surface area contributed by atoms with Gasteiger partial charge in [-0.2, -0.15) is 5.10 Å². The largest absolute Gasteiger partial charge is 0.476 e. The fourth-order valence-electron chi connectivity index (χ4n) is 3.44. The van der Waals surface area contributed by atoms with Gasteiger partial charge in [-0.05, 0) is 37.3 Å². The van der Waals surface area contributed by atoms with Crippen molar-refractivity contribution in [2.45, 2.75) is 13.0 Å². The van der Waals surface area contributed by atoms with Crippen LogP contribution in [-0.4, -0.2) is 65.1 Å². The van der Waals surface area contributed by atoms with E-state index in [0.29, 0.717) is 30.4 Å². The van der Waals surface area contributed by atoms with Crippen molar-refractivity contribution in [1.82, 2.24) is 25.1 Å². The summed E-state index contributed by atoms with van der Waals surface area (Å²) >= 11 is 0. The summed E-state index contributed by atoms with van der Waals surface area (Å²) in [5.41, 5.74) is 0.682. The molecule has 1 aliphatic heterocycles. The number of nitrogens with zero attached hydrogens (tertiary/aromatic N) is 5. The Kier molecular flexibility index (Phi) is 7.43. The highest BCUT2D eigenvalue weighted by molar-refractivity contribution is 5.79. The summed E-state index contributed by atoms with van der Waals surface area (Å²) in [4.78, 5) is 35.4. The van der Waals surface area contributed by atoms with Crippen LogP contribution in [0.25, 0.3) is 11.3 Å². The van der Waals surface area contributed by atoms with Crippen LogP contribution in [0.1, 0.15) is 13.0 Å². The van der Waals surface area contributed by atoms with Crippen LogP contribution in [0.4, 0.5) is 10.2 Å². The zero-order valence-electron chi connectivity index (χ0n) is 18.7. The Labute approximate surface area is 195 Å². The number of ether oxygens (including phenoxy) is 2. The molecule has 0 bridgehead atoms. The monoisotopic (exact) mass is 468 g/mol. The molecule has 4 rings (SSSR count). The van der Waals surface area contributed by atoms with Crippen molar-refractivity contribution < 1.29 is 18.7 Å². The van der Waals surface area contributed by atoms with E-state index in [9.17, 15) is 14.0 Å². The van der Waals surface area contributed by atoms with Gasteiger partial charge in [0, 0.05) is 30.8 Å². The summed E-state index contributed by atoms with van der Waals surface area (Å²) < 4.78 is 25.3. The van der Waals surface area contributed by atoms with Crippen LogP contribution in [0.2, 0.25) is 0 Å². The number of carbonyl (C=O) groups excluding carboxylic acids is 1. The maximum atomic E-state index is 13.2. The van der Waals surface area contributed by atoms with Gasteiger partial charge in [0.25, 0.3) is 5.56 Å². The SMILES string of the molecule is CC(C(=O)NCCOc1cc(N2CCOCC2)ncn1)n1nc(-c2ccc(F)cc2)ccc1=O. The Morgan fingerprint density at radius 3 is 2.71 bits per heavy atom. The molecule has 2 aromatic heterocycles. The second-order valence-corrected chi connectivity index (χ2v) is 7.64. The van der Waals surface area contributed by atoms with Gasteiger partial charge >= 0.3 is 0 Å². The number of anilines is 1. The van der Waals surface area contributed by atoms with Gasteiger partial charge < -0.3 is 19.7 Å². The first-order valence-electron chi connectivity index (χ1n) is 10.9. The highest BCUT2D eigenvalue weighted by atomic mass is 19.1. The van der Waals surface area contributed by atoms with Gasteiger partial charge in [-0.25, -0.2) is 19.0 Å². The van der Waals surface area contributed by atoms with E-state index in [1.807, 2.05) is 0 Å². The van der Waals surface area contributed by atoms with Crippen LogP contribution in [0.3, 0.4) is 0 Å². The van der Waals surface area contributed by atoms with Gasteiger partial charge in [0.15, 0.2) is 0 Å². The molecule has 3 aromatic rings. The van der Waals surface area contributed by atoms with Crippen LogP contribution >= 0.6 is 0 Å². The Hall–Kier alpha value is -3.86. The molecule has 178 valence electrons. The zero-order chi connectivity index (χ0) is 23.9. The van der Waals surface area contributed by atoms with Crippen molar-refractivity contribution in [2.75, 3.05) is 44.4 Å². The molecule has 1 fully saturated rings. The first-order valence-corrected chi connectivity index (χ1v) is 10.9. The summed E-state index contributed by atoms with van der Waals surface area (Å²) in [5, 5.41) is 7.02. The second-order valence-electron chi connectivity index (χ2n) is 7.64. The van der Waals surface area contributed by atoms with Gasteiger partial charge in [-0.15, -0.1) is 0 Å². The van der Waals surface area contributed by atoms with Crippen molar-refractivity contribution in [1.29, 1.82) is 0 Å². The van der Waals surface area contributed by atoms with Crippen molar-refractivity contribution in [3.8, 4) is 17.1 Å². The maximum Gasteiger partial charge on any atom is 0.267 e. The van der Waals surface area contributed by atoms with E-state index in [1.54, 1.807) is 25.1 Å². The Morgan fingerprint density at radius 2 is 1.94 bits per heavy atom. The lowest BCUT2D eigenvalue weighted by Crippen LogP contribution is -2.38. The predicted octanol–water partition coefficient (Wildman–Crippen LogP) is 1.43. The van der Waals surface area contributed by atoms with Crippen molar-refractivity contribution in [2.24, 2.45) is 0 Å². The molecule has 0 spiro atoms. The van der Waals surface area contributed by atoms with Crippen molar-refractivity contribution in [3.63, 3.8) is 0 Å². The minimum atomic E-state index is -0.847. The predicted molar refractivity (Wildman–Crippen MR) is 122 cm³/mol. The summed E-state index contributed by atoms with van der Waals surface area (Å²) in [6.07, 6.45) is 1.44. The van der Waals surface area contributed by atoms with Crippen molar-refractivity contribution in [3.05, 3.63) is 65.0 Å². The first-order chi connectivity index (χ1) is 16.5. The lowest BCUT2D eigenvalue weighted by atomic mass is 10.1. The molecule has 10 nitrogen and oxygen atoms in total. The van der Waals surface area contributed by atoms with Crippen LogP contribution < -0.4 is 20.5 Å². The highest BCUT2D eigenvalue weighted by Crippen LogP contribution is 2.18. The van der Waals surface area contributed by atoms with E-state index in [-0.39, 0.29) is 24.9 Å². The molecule has 1 aliphatic rings. The minimum absolute atomic E-state index is 0.190. The van der Waals surface area contributed by atoms with E-state index in [0.717, 1.165) is 23.6 Å². The molecule has 1 amide bonds. The van der Waals surface area contributed by atoms with Gasteiger partial charge in [0.2, 0.25) is 11.8 Å². The Bertz CT molecular complexity index is 1180. The maximum absolute atomic E-state index is 13.2. The van der Waals surface area contributed by atoms with E-state index in [1.165, 1.54) is 30.6 Å². The summed E-state index contributed by atoms with van der Waals surface area (Å²) in [7, 11) is 0. The minimum Gasteiger partial charge on any atom is -0.476 e. The standard InChI is InChI=1S/C23H25FN6O4/c1-16(30-22(31)7-6-19(28-30)17-2-4-18(24)5-3-17)23(32)25-8-11-34-21-14-20(26-15-27-21)29-9-12-33-13-10-29/h2-7,14-16H,8-13H2,1H3,(H,25,32). The summed E-state index contributed by atoms with van der Waals surface area (Å²) in [6.45, 7) is 4.78. The molecule has 1 unspecified atom stereocenters.